The molecule has 1 aliphatic heterocycles. The lowest BCUT2D eigenvalue weighted by Gasteiger charge is -2.29. The fourth-order valence-electron chi connectivity index (χ4n) is 1.90. The van der Waals surface area contributed by atoms with Gasteiger partial charge < -0.3 is 9.47 Å². The zero-order valence-electron chi connectivity index (χ0n) is 11.3. The molecule has 3 nitrogen and oxygen atoms in total. The average molecular weight is 278 g/mol. The standard InChI is InChI=1S/C15H18O3S/c1-10-6-4-5-7-14(10)19-15-9-8-13(11(2)17-15)18-12(3)16/h4-9,11,13,15H,1-3H3/t11-,13+,15?/m0/s1. The van der Waals surface area contributed by atoms with Crippen molar-refractivity contribution < 1.29 is 14.3 Å². The lowest BCUT2D eigenvalue weighted by molar-refractivity contribution is -0.151. The van der Waals surface area contributed by atoms with Crippen molar-refractivity contribution in [1.29, 1.82) is 0 Å². The minimum absolute atomic E-state index is 0.0390. The lowest BCUT2D eigenvalue weighted by Crippen LogP contribution is -2.34. The molecule has 0 fully saturated rings. The van der Waals surface area contributed by atoms with Gasteiger partial charge in [0.25, 0.3) is 0 Å². The molecule has 1 aliphatic rings. The molecule has 1 unspecified atom stereocenters. The minimum atomic E-state index is -0.286. The number of carbonyl (C=O) groups excluding carboxylic acids is 1. The van der Waals surface area contributed by atoms with E-state index in [0.29, 0.717) is 0 Å². The van der Waals surface area contributed by atoms with E-state index in [1.54, 1.807) is 11.8 Å². The SMILES string of the molecule is CC(=O)O[C@@H]1C=CC(Sc2ccccc2C)O[C@H]1C. The van der Waals surface area contributed by atoms with Gasteiger partial charge in [0.1, 0.15) is 11.5 Å². The van der Waals surface area contributed by atoms with E-state index in [1.807, 2.05) is 31.2 Å². The Labute approximate surface area is 118 Å². The summed E-state index contributed by atoms with van der Waals surface area (Å²) in [5, 5.41) is 0. The summed E-state index contributed by atoms with van der Waals surface area (Å²) in [6.07, 6.45) is 3.44. The summed E-state index contributed by atoms with van der Waals surface area (Å²) in [5.41, 5.74) is 1.20. The van der Waals surface area contributed by atoms with E-state index in [4.69, 9.17) is 9.47 Å². The maximum Gasteiger partial charge on any atom is 0.303 e. The molecule has 0 bridgehead atoms. The summed E-state index contributed by atoms with van der Waals surface area (Å²) in [4.78, 5) is 12.2. The summed E-state index contributed by atoms with van der Waals surface area (Å²) in [7, 11) is 0. The number of benzene rings is 1. The van der Waals surface area contributed by atoms with Crippen LogP contribution in [0.5, 0.6) is 0 Å². The highest BCUT2D eigenvalue weighted by Crippen LogP contribution is 2.31. The fourth-order valence-corrected chi connectivity index (χ4v) is 2.96. The average Bonchev–Trinajstić information content (AvgIpc) is 2.35. The number of thioether (sulfide) groups is 1. The van der Waals surface area contributed by atoms with Crippen molar-refractivity contribution in [3.05, 3.63) is 42.0 Å². The van der Waals surface area contributed by atoms with E-state index >= 15 is 0 Å². The molecule has 1 aromatic carbocycles. The van der Waals surface area contributed by atoms with Crippen LogP contribution < -0.4 is 0 Å². The molecule has 4 heteroatoms. The van der Waals surface area contributed by atoms with Gasteiger partial charge in [0.05, 0.1) is 6.10 Å². The number of hydrogen-bond acceptors (Lipinski definition) is 4. The Balaban J connectivity index is 2.01. The zero-order valence-corrected chi connectivity index (χ0v) is 12.1. The molecule has 3 atom stereocenters. The monoisotopic (exact) mass is 278 g/mol. The van der Waals surface area contributed by atoms with Gasteiger partial charge in [-0.3, -0.25) is 4.79 Å². The minimum Gasteiger partial charge on any atom is -0.456 e. The number of rotatable bonds is 3. The van der Waals surface area contributed by atoms with E-state index in [0.717, 1.165) is 0 Å². The molecule has 0 radical (unpaired) electrons. The van der Waals surface area contributed by atoms with Crippen molar-refractivity contribution in [3.8, 4) is 0 Å². The van der Waals surface area contributed by atoms with Gasteiger partial charge in [-0.05, 0) is 37.6 Å². The second-order valence-corrected chi connectivity index (χ2v) is 5.69. The van der Waals surface area contributed by atoms with Crippen LogP contribution in [0.4, 0.5) is 0 Å². The Kier molecular flexibility index (Phi) is 4.66. The summed E-state index contributed by atoms with van der Waals surface area (Å²) in [6.45, 7) is 5.41. The molecule has 0 amide bonds. The molecule has 0 aromatic heterocycles. The first kappa shape index (κ1) is 14.2. The normalized spacial score (nSPS) is 26.2. The van der Waals surface area contributed by atoms with Crippen molar-refractivity contribution in [2.24, 2.45) is 0 Å². The van der Waals surface area contributed by atoms with Crippen molar-refractivity contribution in [2.45, 2.75) is 43.3 Å². The largest absolute Gasteiger partial charge is 0.456 e. The maximum absolute atomic E-state index is 11.0. The first-order valence-electron chi connectivity index (χ1n) is 6.29. The fraction of sp³-hybridized carbons (Fsp3) is 0.400. The Morgan fingerprint density at radius 1 is 1.32 bits per heavy atom. The van der Waals surface area contributed by atoms with Crippen LogP contribution in [0.3, 0.4) is 0 Å². The molecule has 102 valence electrons. The zero-order chi connectivity index (χ0) is 13.8. The van der Waals surface area contributed by atoms with Gasteiger partial charge in [0.2, 0.25) is 0 Å². The summed E-state index contributed by atoms with van der Waals surface area (Å²) in [5.74, 6) is -0.282. The van der Waals surface area contributed by atoms with Crippen LogP contribution in [0.1, 0.15) is 19.4 Å². The Hall–Kier alpha value is -1.26. The first-order valence-corrected chi connectivity index (χ1v) is 7.17. The number of esters is 1. The summed E-state index contributed by atoms with van der Waals surface area (Å²) < 4.78 is 11.0. The van der Waals surface area contributed by atoms with Crippen LogP contribution in [-0.2, 0) is 14.3 Å². The molecule has 0 saturated heterocycles. The number of carbonyl (C=O) groups is 1. The van der Waals surface area contributed by atoms with E-state index in [9.17, 15) is 4.79 Å². The third-order valence-corrected chi connectivity index (χ3v) is 4.12. The molecule has 19 heavy (non-hydrogen) atoms. The Bertz CT molecular complexity index is 484. The van der Waals surface area contributed by atoms with Crippen molar-refractivity contribution in [3.63, 3.8) is 0 Å². The van der Waals surface area contributed by atoms with E-state index in [2.05, 4.69) is 19.1 Å². The van der Waals surface area contributed by atoms with Crippen LogP contribution in [0, 0.1) is 6.92 Å². The highest BCUT2D eigenvalue weighted by atomic mass is 32.2. The third-order valence-electron chi connectivity index (χ3n) is 2.91. The smallest absolute Gasteiger partial charge is 0.303 e. The molecule has 1 aromatic rings. The van der Waals surface area contributed by atoms with Gasteiger partial charge in [-0.15, -0.1) is 0 Å². The molecular formula is C15H18O3S. The molecule has 0 spiro atoms. The van der Waals surface area contributed by atoms with Gasteiger partial charge in [-0.25, -0.2) is 0 Å². The van der Waals surface area contributed by atoms with Crippen LogP contribution in [0.2, 0.25) is 0 Å². The van der Waals surface area contributed by atoms with E-state index < -0.39 is 0 Å². The van der Waals surface area contributed by atoms with Crippen LogP contribution in [-0.4, -0.2) is 23.6 Å². The second kappa shape index (κ2) is 6.26. The molecule has 0 aliphatic carbocycles. The van der Waals surface area contributed by atoms with Gasteiger partial charge >= 0.3 is 5.97 Å². The van der Waals surface area contributed by atoms with Gasteiger partial charge in [-0.1, -0.05) is 30.0 Å². The predicted octanol–water partition coefficient (Wildman–Crippen LogP) is 3.32. The van der Waals surface area contributed by atoms with Crippen LogP contribution in [0.25, 0.3) is 0 Å². The Morgan fingerprint density at radius 3 is 2.68 bits per heavy atom. The van der Waals surface area contributed by atoms with Crippen LogP contribution >= 0.6 is 11.8 Å². The first-order chi connectivity index (χ1) is 9.06. The van der Waals surface area contributed by atoms with Crippen molar-refractivity contribution in [2.75, 3.05) is 0 Å². The topological polar surface area (TPSA) is 35.5 Å². The van der Waals surface area contributed by atoms with Crippen molar-refractivity contribution in [1.82, 2.24) is 0 Å². The van der Waals surface area contributed by atoms with E-state index in [1.165, 1.54) is 17.4 Å². The molecule has 1 heterocycles. The van der Waals surface area contributed by atoms with Crippen molar-refractivity contribution >= 4 is 17.7 Å². The molecule has 0 saturated carbocycles. The number of aryl methyl sites for hydroxylation is 1. The molecule has 0 N–H and O–H groups in total. The summed E-state index contributed by atoms with van der Waals surface area (Å²) >= 11 is 1.67. The highest BCUT2D eigenvalue weighted by Gasteiger charge is 2.26. The predicted molar refractivity (Wildman–Crippen MR) is 76.1 cm³/mol. The number of ether oxygens (including phenoxy) is 2. The van der Waals surface area contributed by atoms with Gasteiger partial charge in [0, 0.05) is 11.8 Å². The number of hydrogen-bond donors (Lipinski definition) is 0. The maximum atomic E-state index is 11.0. The lowest BCUT2D eigenvalue weighted by atomic mass is 10.2. The molecule has 2 rings (SSSR count). The Morgan fingerprint density at radius 2 is 2.05 bits per heavy atom. The summed E-state index contributed by atoms with van der Waals surface area (Å²) in [6, 6.07) is 8.21. The quantitative estimate of drug-likeness (QED) is 0.627. The second-order valence-electron chi connectivity index (χ2n) is 4.55. The van der Waals surface area contributed by atoms with E-state index in [-0.39, 0.29) is 23.6 Å². The third kappa shape index (κ3) is 3.85. The van der Waals surface area contributed by atoms with Gasteiger partial charge in [0.15, 0.2) is 0 Å². The van der Waals surface area contributed by atoms with Crippen LogP contribution in [0.15, 0.2) is 41.3 Å². The van der Waals surface area contributed by atoms with Gasteiger partial charge in [-0.2, -0.15) is 0 Å². The highest BCUT2D eigenvalue weighted by molar-refractivity contribution is 8.00. The molecular weight excluding hydrogens is 260 g/mol.